The number of nitro groups is 1. The van der Waals surface area contributed by atoms with Crippen LogP contribution >= 0.6 is 11.6 Å². The SMILES string of the molecule is Nc1ccc(Cn2cc(Cl)c(=O)[nH]c2=O)cc1[N+](=O)[O-]. The molecule has 104 valence electrons. The maximum Gasteiger partial charge on any atom is 0.328 e. The van der Waals surface area contributed by atoms with Crippen LogP contribution in [0.25, 0.3) is 0 Å². The highest BCUT2D eigenvalue weighted by atomic mass is 35.5. The zero-order valence-corrected chi connectivity index (χ0v) is 10.8. The van der Waals surface area contributed by atoms with Gasteiger partial charge in [0.1, 0.15) is 10.7 Å². The minimum absolute atomic E-state index is 0.0243. The van der Waals surface area contributed by atoms with Gasteiger partial charge in [-0.15, -0.1) is 0 Å². The first-order chi connectivity index (χ1) is 9.38. The minimum atomic E-state index is -0.684. The fourth-order valence-electron chi connectivity index (χ4n) is 1.64. The predicted octanol–water partition coefficient (Wildman–Crippen LogP) is 0.729. The molecule has 1 heterocycles. The average Bonchev–Trinajstić information content (AvgIpc) is 2.37. The Bertz CT molecular complexity index is 796. The molecule has 9 heteroatoms. The first kappa shape index (κ1) is 13.8. The van der Waals surface area contributed by atoms with Crippen LogP contribution < -0.4 is 17.0 Å². The Balaban J connectivity index is 2.43. The van der Waals surface area contributed by atoms with E-state index in [2.05, 4.69) is 0 Å². The lowest BCUT2D eigenvalue weighted by Gasteiger charge is -2.06. The number of nitrogens with two attached hydrogens (primary N) is 1. The number of halogens is 1. The van der Waals surface area contributed by atoms with Crippen molar-refractivity contribution in [2.75, 3.05) is 5.73 Å². The molecule has 0 fully saturated rings. The molecule has 0 spiro atoms. The topological polar surface area (TPSA) is 124 Å². The van der Waals surface area contributed by atoms with Crippen LogP contribution in [0.5, 0.6) is 0 Å². The Hall–Kier alpha value is -2.61. The quantitative estimate of drug-likeness (QED) is 0.491. The minimum Gasteiger partial charge on any atom is -0.393 e. The third-order valence-electron chi connectivity index (χ3n) is 2.61. The number of hydrogen-bond donors (Lipinski definition) is 2. The van der Waals surface area contributed by atoms with Crippen molar-refractivity contribution in [2.24, 2.45) is 0 Å². The van der Waals surface area contributed by atoms with Gasteiger partial charge in [-0.25, -0.2) is 4.79 Å². The maximum atomic E-state index is 11.6. The van der Waals surface area contributed by atoms with Gasteiger partial charge >= 0.3 is 5.69 Å². The molecule has 3 N–H and O–H groups in total. The van der Waals surface area contributed by atoms with Gasteiger partial charge in [0.15, 0.2) is 0 Å². The van der Waals surface area contributed by atoms with Crippen LogP contribution in [0.3, 0.4) is 0 Å². The Morgan fingerprint density at radius 1 is 1.40 bits per heavy atom. The zero-order valence-electron chi connectivity index (χ0n) is 10.00. The molecule has 2 rings (SSSR count). The van der Waals surface area contributed by atoms with E-state index in [9.17, 15) is 19.7 Å². The lowest BCUT2D eigenvalue weighted by atomic mass is 10.1. The van der Waals surface area contributed by atoms with Crippen molar-refractivity contribution in [2.45, 2.75) is 6.54 Å². The van der Waals surface area contributed by atoms with Gasteiger partial charge in [-0.1, -0.05) is 17.7 Å². The smallest absolute Gasteiger partial charge is 0.328 e. The molecule has 0 unspecified atom stereocenters. The van der Waals surface area contributed by atoms with Crippen molar-refractivity contribution < 1.29 is 4.92 Å². The summed E-state index contributed by atoms with van der Waals surface area (Å²) in [6, 6.07) is 4.19. The predicted molar refractivity (Wildman–Crippen MR) is 72.9 cm³/mol. The molecule has 0 radical (unpaired) electrons. The molecule has 1 aromatic carbocycles. The summed E-state index contributed by atoms with van der Waals surface area (Å²) < 4.78 is 1.14. The number of anilines is 1. The summed E-state index contributed by atoms with van der Waals surface area (Å²) in [5, 5.41) is 10.6. The molecule has 0 atom stereocenters. The zero-order chi connectivity index (χ0) is 14.9. The van der Waals surface area contributed by atoms with Crippen LogP contribution in [0.1, 0.15) is 5.56 Å². The summed E-state index contributed by atoms with van der Waals surface area (Å²) >= 11 is 5.63. The second-order valence-corrected chi connectivity index (χ2v) is 4.42. The van der Waals surface area contributed by atoms with Gasteiger partial charge in [0, 0.05) is 12.3 Å². The molecule has 0 aliphatic carbocycles. The van der Waals surface area contributed by atoms with Gasteiger partial charge in [-0.2, -0.15) is 0 Å². The summed E-state index contributed by atoms with van der Waals surface area (Å²) in [6.07, 6.45) is 1.17. The van der Waals surface area contributed by atoms with Crippen molar-refractivity contribution in [1.29, 1.82) is 0 Å². The number of H-pyrrole nitrogens is 1. The van der Waals surface area contributed by atoms with Crippen molar-refractivity contribution in [1.82, 2.24) is 9.55 Å². The average molecular weight is 297 g/mol. The fraction of sp³-hybridized carbons (Fsp3) is 0.0909. The highest BCUT2D eigenvalue weighted by Crippen LogP contribution is 2.22. The molecule has 8 nitrogen and oxygen atoms in total. The van der Waals surface area contributed by atoms with Gasteiger partial charge in [0.05, 0.1) is 11.5 Å². The number of benzene rings is 1. The molecule has 20 heavy (non-hydrogen) atoms. The van der Waals surface area contributed by atoms with Crippen LogP contribution in [-0.4, -0.2) is 14.5 Å². The van der Waals surface area contributed by atoms with E-state index in [0.717, 1.165) is 4.57 Å². The monoisotopic (exact) mass is 296 g/mol. The molecule has 0 saturated heterocycles. The van der Waals surface area contributed by atoms with Crippen LogP contribution in [0.15, 0.2) is 34.0 Å². The standard InChI is InChI=1S/C11H9ClN4O4/c12-7-5-15(11(18)14-10(7)17)4-6-1-2-8(13)9(3-6)16(19)20/h1-3,5H,4,13H2,(H,14,17,18). The van der Waals surface area contributed by atoms with Crippen LogP contribution in [0, 0.1) is 10.1 Å². The van der Waals surface area contributed by atoms with Crippen LogP contribution in [0.2, 0.25) is 5.02 Å². The van der Waals surface area contributed by atoms with E-state index < -0.39 is 16.2 Å². The number of nitrogens with one attached hydrogen (secondary N) is 1. The normalized spacial score (nSPS) is 10.4. The van der Waals surface area contributed by atoms with E-state index in [4.69, 9.17) is 17.3 Å². The summed E-state index contributed by atoms with van der Waals surface area (Å²) in [5.41, 5.74) is 4.41. The first-order valence-corrected chi connectivity index (χ1v) is 5.78. The van der Waals surface area contributed by atoms with Gasteiger partial charge in [-0.05, 0) is 11.6 Å². The molecule has 0 bridgehead atoms. The van der Waals surface area contributed by atoms with Crippen molar-refractivity contribution in [3.63, 3.8) is 0 Å². The van der Waals surface area contributed by atoms with Crippen LogP contribution in [0.4, 0.5) is 11.4 Å². The molecular weight excluding hydrogens is 288 g/mol. The first-order valence-electron chi connectivity index (χ1n) is 5.40. The van der Waals surface area contributed by atoms with Gasteiger partial charge in [0.2, 0.25) is 0 Å². The van der Waals surface area contributed by atoms with E-state index in [1.807, 2.05) is 4.98 Å². The molecule has 0 aliphatic rings. The molecular formula is C11H9ClN4O4. The third-order valence-corrected chi connectivity index (χ3v) is 2.88. The van der Waals surface area contributed by atoms with Crippen molar-refractivity contribution in [3.8, 4) is 0 Å². The summed E-state index contributed by atoms with van der Waals surface area (Å²) in [4.78, 5) is 34.9. The second kappa shape index (κ2) is 5.17. The number of nitrogen functional groups attached to an aromatic ring is 1. The van der Waals surface area contributed by atoms with Crippen molar-refractivity contribution >= 4 is 23.0 Å². The van der Waals surface area contributed by atoms with E-state index in [-0.39, 0.29) is 22.9 Å². The van der Waals surface area contributed by atoms with Gasteiger partial charge < -0.3 is 5.73 Å². The fourth-order valence-corrected chi connectivity index (χ4v) is 1.81. The molecule has 2 aromatic rings. The van der Waals surface area contributed by atoms with E-state index in [1.165, 1.54) is 18.3 Å². The Kier molecular flexibility index (Phi) is 3.57. The third kappa shape index (κ3) is 2.69. The summed E-state index contributed by atoms with van der Waals surface area (Å²) in [6.45, 7) is 0.0243. The number of nitrogens with zero attached hydrogens (tertiary/aromatic N) is 2. The second-order valence-electron chi connectivity index (χ2n) is 4.01. The highest BCUT2D eigenvalue weighted by molar-refractivity contribution is 6.30. The number of aromatic nitrogens is 2. The van der Waals surface area contributed by atoms with Gasteiger partial charge in [0.25, 0.3) is 11.2 Å². The Labute approximate surface area is 116 Å². The molecule has 0 saturated carbocycles. The lowest BCUT2D eigenvalue weighted by molar-refractivity contribution is -0.384. The van der Waals surface area contributed by atoms with Crippen molar-refractivity contribution in [3.05, 3.63) is 65.9 Å². The lowest BCUT2D eigenvalue weighted by Crippen LogP contribution is -2.29. The number of hydrogen-bond acceptors (Lipinski definition) is 5. The summed E-state index contributed by atoms with van der Waals surface area (Å²) in [5.74, 6) is 0. The van der Waals surface area contributed by atoms with E-state index in [1.54, 1.807) is 6.07 Å². The number of nitro benzene ring substituents is 1. The Morgan fingerprint density at radius 2 is 2.10 bits per heavy atom. The molecule has 0 amide bonds. The largest absolute Gasteiger partial charge is 0.393 e. The van der Waals surface area contributed by atoms with E-state index in [0.29, 0.717) is 5.56 Å². The highest BCUT2D eigenvalue weighted by Gasteiger charge is 2.12. The number of rotatable bonds is 3. The van der Waals surface area contributed by atoms with E-state index >= 15 is 0 Å². The molecule has 0 aliphatic heterocycles. The Morgan fingerprint density at radius 3 is 2.75 bits per heavy atom. The number of aromatic amines is 1. The van der Waals surface area contributed by atoms with Gasteiger partial charge in [-0.3, -0.25) is 24.5 Å². The molecule has 1 aromatic heterocycles. The van der Waals surface area contributed by atoms with Crippen LogP contribution in [-0.2, 0) is 6.54 Å². The maximum absolute atomic E-state index is 11.6. The summed E-state index contributed by atoms with van der Waals surface area (Å²) in [7, 11) is 0.